The van der Waals surface area contributed by atoms with Crippen molar-refractivity contribution in [1.82, 2.24) is 4.90 Å². The molecule has 0 bridgehead atoms. The van der Waals surface area contributed by atoms with Crippen molar-refractivity contribution in [3.8, 4) is 0 Å². The van der Waals surface area contributed by atoms with Crippen LogP contribution >= 0.6 is 12.2 Å². The number of thiocarbonyl (C=S) groups is 1. The second kappa shape index (κ2) is 9.37. The quantitative estimate of drug-likeness (QED) is 0.159. The van der Waals surface area contributed by atoms with Crippen molar-refractivity contribution in [2.24, 2.45) is 0 Å². The van der Waals surface area contributed by atoms with Crippen LogP contribution in [0.3, 0.4) is 0 Å². The molecule has 5 atom stereocenters. The molecule has 0 aliphatic rings. The summed E-state index contributed by atoms with van der Waals surface area (Å²) < 4.78 is 0.194. The van der Waals surface area contributed by atoms with Crippen LogP contribution < -0.4 is 0 Å². The predicted molar refractivity (Wildman–Crippen MR) is 78.9 cm³/mol. The van der Waals surface area contributed by atoms with Gasteiger partial charge in [0.05, 0.1) is 29.6 Å². The summed E-state index contributed by atoms with van der Waals surface area (Å²) in [5.74, 6) is -1.35. The third-order valence-corrected chi connectivity index (χ3v) is 3.76. The zero-order valence-electron chi connectivity index (χ0n) is 11.4. The molecule has 0 aliphatic carbocycles. The fraction of sp³-hybridized carbons (Fsp3) is 0.800. The molecule has 0 aromatic heterocycles. The maximum absolute atomic E-state index is 11.0. The number of rotatable bonds is 9. The number of aliphatic hydroxyl groups is 6. The SMILES string of the molecule is O=C(O)C(CO)N(CC(O)C(O)C(O)C(O)CO)C([SiH3])=S. The van der Waals surface area contributed by atoms with Gasteiger partial charge in [-0.2, -0.15) is 0 Å². The normalized spacial score (nSPS) is 18.6. The van der Waals surface area contributed by atoms with Gasteiger partial charge in [-0.3, -0.25) is 0 Å². The van der Waals surface area contributed by atoms with Crippen molar-refractivity contribution in [3.05, 3.63) is 0 Å². The molecule has 7 N–H and O–H groups in total. The zero-order valence-corrected chi connectivity index (χ0v) is 14.2. The summed E-state index contributed by atoms with van der Waals surface area (Å²) in [6.07, 6.45) is -6.92. The maximum Gasteiger partial charge on any atom is 0.328 e. The standard InChI is InChI=1S/C10H21NO8SSi/c12-2-4(9(18)19)11(10(20)21)1-5(14)7(16)8(17)6(15)3-13/h4-8,12-17H,1-3H2,21H3,(H,18,19). The highest BCUT2D eigenvalue weighted by Gasteiger charge is 2.34. The van der Waals surface area contributed by atoms with Crippen LogP contribution in [-0.2, 0) is 4.79 Å². The van der Waals surface area contributed by atoms with Crippen LogP contribution in [0.25, 0.3) is 0 Å². The first-order chi connectivity index (χ1) is 9.67. The van der Waals surface area contributed by atoms with Crippen LogP contribution in [-0.4, -0.2) is 112 Å². The summed E-state index contributed by atoms with van der Waals surface area (Å²) in [5, 5.41) is 64.9. The van der Waals surface area contributed by atoms with Gasteiger partial charge in [-0.1, -0.05) is 12.2 Å². The minimum atomic E-state index is -1.82. The molecule has 21 heavy (non-hydrogen) atoms. The van der Waals surface area contributed by atoms with Gasteiger partial charge in [0.25, 0.3) is 0 Å². The average molecular weight is 343 g/mol. The molecule has 0 aromatic rings. The van der Waals surface area contributed by atoms with E-state index in [-0.39, 0.29) is 14.9 Å². The van der Waals surface area contributed by atoms with Gasteiger partial charge in [-0.05, 0) is 0 Å². The van der Waals surface area contributed by atoms with Crippen molar-refractivity contribution in [3.63, 3.8) is 0 Å². The second-order valence-corrected chi connectivity index (χ2v) is 6.77. The Balaban J connectivity index is 4.93. The summed E-state index contributed by atoms with van der Waals surface area (Å²) in [4.78, 5) is 12.0. The number of nitrogens with zero attached hydrogens (tertiary/aromatic N) is 1. The summed E-state index contributed by atoms with van der Waals surface area (Å²) in [7, 11) is 0.284. The van der Waals surface area contributed by atoms with E-state index in [1.165, 1.54) is 0 Å². The number of hydrogen-bond donors (Lipinski definition) is 7. The van der Waals surface area contributed by atoms with Crippen LogP contribution in [0.15, 0.2) is 0 Å². The van der Waals surface area contributed by atoms with Crippen LogP contribution in [0.5, 0.6) is 0 Å². The molecule has 0 aliphatic heterocycles. The third kappa shape index (κ3) is 5.92. The summed E-state index contributed by atoms with van der Waals surface area (Å²) >= 11 is 4.89. The summed E-state index contributed by atoms with van der Waals surface area (Å²) in [5.41, 5.74) is 0. The van der Waals surface area contributed by atoms with E-state index in [0.29, 0.717) is 0 Å². The number of aliphatic carboxylic acids is 1. The highest BCUT2D eigenvalue weighted by atomic mass is 32.1. The fourth-order valence-electron chi connectivity index (χ4n) is 1.66. The Bertz CT molecular complexity index is 360. The Hall–Kier alpha value is -0.663. The van der Waals surface area contributed by atoms with E-state index in [0.717, 1.165) is 4.90 Å². The summed E-state index contributed by atoms with van der Waals surface area (Å²) in [6.45, 7) is -2.01. The van der Waals surface area contributed by atoms with Gasteiger partial charge in [0.1, 0.15) is 18.3 Å². The molecule has 0 radical (unpaired) electrons. The Labute approximate surface area is 129 Å². The van der Waals surface area contributed by atoms with Gasteiger partial charge >= 0.3 is 5.97 Å². The first-order valence-electron chi connectivity index (χ1n) is 6.11. The molecule has 11 heteroatoms. The van der Waals surface area contributed by atoms with Crippen LogP contribution in [0, 0.1) is 0 Å². The van der Waals surface area contributed by atoms with Crippen molar-refractivity contribution in [2.75, 3.05) is 19.8 Å². The van der Waals surface area contributed by atoms with Gasteiger partial charge in [0, 0.05) is 11.2 Å². The highest BCUT2D eigenvalue weighted by Crippen LogP contribution is 2.09. The fourth-order valence-corrected chi connectivity index (χ4v) is 2.35. The Morgan fingerprint density at radius 1 is 1.05 bits per heavy atom. The van der Waals surface area contributed by atoms with Gasteiger partial charge < -0.3 is 40.6 Å². The highest BCUT2D eigenvalue weighted by molar-refractivity contribution is 7.82. The lowest BCUT2D eigenvalue weighted by Crippen LogP contribution is -2.54. The minimum Gasteiger partial charge on any atom is -0.480 e. The van der Waals surface area contributed by atoms with Crippen LogP contribution in [0.4, 0.5) is 0 Å². The van der Waals surface area contributed by atoms with E-state index < -0.39 is 56.2 Å². The van der Waals surface area contributed by atoms with E-state index in [4.69, 9.17) is 27.5 Å². The topological polar surface area (TPSA) is 162 Å². The average Bonchev–Trinajstić information content (AvgIpc) is 2.43. The lowest BCUT2D eigenvalue weighted by Gasteiger charge is -2.33. The smallest absolute Gasteiger partial charge is 0.328 e. The van der Waals surface area contributed by atoms with E-state index >= 15 is 0 Å². The van der Waals surface area contributed by atoms with E-state index in [1.807, 2.05) is 0 Å². The number of aliphatic hydroxyl groups excluding tert-OH is 6. The molecule has 0 saturated heterocycles. The lowest BCUT2D eigenvalue weighted by molar-refractivity contribution is -0.145. The first kappa shape index (κ1) is 20.3. The van der Waals surface area contributed by atoms with Gasteiger partial charge in [0.2, 0.25) is 0 Å². The molecular weight excluding hydrogens is 322 g/mol. The first-order valence-corrected chi connectivity index (χ1v) is 7.52. The molecule has 0 amide bonds. The molecule has 0 rings (SSSR count). The largest absolute Gasteiger partial charge is 0.480 e. The van der Waals surface area contributed by atoms with Crippen molar-refractivity contribution in [2.45, 2.75) is 30.5 Å². The molecule has 0 spiro atoms. The molecule has 0 heterocycles. The van der Waals surface area contributed by atoms with Crippen molar-refractivity contribution >= 4 is 33.0 Å². The van der Waals surface area contributed by atoms with Crippen LogP contribution in [0.1, 0.15) is 0 Å². The molecule has 0 saturated carbocycles. The molecule has 9 nitrogen and oxygen atoms in total. The van der Waals surface area contributed by atoms with Gasteiger partial charge in [-0.25, -0.2) is 4.79 Å². The molecule has 5 unspecified atom stereocenters. The number of hydrogen-bond acceptors (Lipinski definition) is 8. The molecular formula is C10H21NO8SSi. The van der Waals surface area contributed by atoms with E-state index in [9.17, 15) is 25.2 Å². The molecule has 124 valence electrons. The Morgan fingerprint density at radius 2 is 1.52 bits per heavy atom. The summed E-state index contributed by atoms with van der Waals surface area (Å²) in [6, 6.07) is -1.38. The monoisotopic (exact) mass is 343 g/mol. The zero-order chi connectivity index (χ0) is 16.7. The Morgan fingerprint density at radius 3 is 1.86 bits per heavy atom. The van der Waals surface area contributed by atoms with Crippen molar-refractivity contribution in [1.29, 1.82) is 0 Å². The second-order valence-electron chi connectivity index (χ2n) is 4.51. The Kier molecular flexibility index (Phi) is 9.08. The van der Waals surface area contributed by atoms with Gasteiger partial charge in [0.15, 0.2) is 6.04 Å². The minimum absolute atomic E-state index is 0.194. The molecule has 0 aromatic carbocycles. The lowest BCUT2D eigenvalue weighted by atomic mass is 10.0. The van der Waals surface area contributed by atoms with Gasteiger partial charge in [-0.15, -0.1) is 0 Å². The molecule has 0 fully saturated rings. The van der Waals surface area contributed by atoms with E-state index in [2.05, 4.69) is 0 Å². The number of carboxylic acid groups (broad SMARTS) is 1. The van der Waals surface area contributed by atoms with E-state index in [1.54, 1.807) is 0 Å². The van der Waals surface area contributed by atoms with Crippen LogP contribution in [0.2, 0.25) is 0 Å². The number of carbonyl (C=O) groups is 1. The van der Waals surface area contributed by atoms with Crippen molar-refractivity contribution < 1.29 is 40.5 Å². The maximum atomic E-state index is 11.0. The number of carboxylic acids is 1. The third-order valence-electron chi connectivity index (χ3n) is 2.95. The predicted octanol–water partition coefficient (Wildman–Crippen LogP) is -5.18.